The second kappa shape index (κ2) is 7.85. The lowest BCUT2D eigenvalue weighted by Crippen LogP contribution is -2.09. The summed E-state index contributed by atoms with van der Waals surface area (Å²) in [6.07, 6.45) is 0. The topological polar surface area (TPSA) is 55.0 Å². The minimum atomic E-state index is -0.285. The molecule has 3 aromatic carbocycles. The summed E-state index contributed by atoms with van der Waals surface area (Å²) in [5.74, 6) is 0.790. The van der Waals surface area contributed by atoms with E-state index in [2.05, 4.69) is 41.8 Å². The molecule has 0 radical (unpaired) electrons. The van der Waals surface area contributed by atoms with Crippen molar-refractivity contribution in [2.75, 3.05) is 0 Å². The molecular weight excluding hydrogens is 491 g/mol. The van der Waals surface area contributed by atoms with E-state index in [1.165, 1.54) is 12.1 Å². The second-order valence-electron chi connectivity index (χ2n) is 6.12. The van der Waals surface area contributed by atoms with E-state index in [9.17, 15) is 9.18 Å². The lowest BCUT2D eigenvalue weighted by molar-refractivity contribution is 0.302. The van der Waals surface area contributed by atoms with Gasteiger partial charge in [0.2, 0.25) is 0 Å². The molecule has 0 aliphatic rings. The Hall–Kier alpha value is -2.51. The van der Waals surface area contributed by atoms with Crippen LogP contribution in [0.5, 0.6) is 5.75 Å². The van der Waals surface area contributed by atoms with Gasteiger partial charge in [0.05, 0.1) is 19.8 Å². The number of halogens is 3. The normalized spacial score (nSPS) is 11.0. The fraction of sp³-hybridized carbons (Fsp3) is 0.0476. The van der Waals surface area contributed by atoms with Crippen LogP contribution in [0.3, 0.4) is 0 Å². The molecule has 0 aliphatic heterocycles. The molecule has 4 aromatic rings. The number of aromatic nitrogens is 2. The van der Waals surface area contributed by atoms with Crippen molar-refractivity contribution in [2.24, 2.45) is 0 Å². The number of hydrogen-bond donors (Lipinski definition) is 1. The summed E-state index contributed by atoms with van der Waals surface area (Å²) in [4.78, 5) is 19.7. The van der Waals surface area contributed by atoms with Crippen LogP contribution in [-0.4, -0.2) is 9.97 Å². The first-order chi connectivity index (χ1) is 13.5. The molecule has 1 aromatic heterocycles. The summed E-state index contributed by atoms with van der Waals surface area (Å²) in [7, 11) is 0. The number of hydrogen-bond acceptors (Lipinski definition) is 3. The van der Waals surface area contributed by atoms with Crippen molar-refractivity contribution >= 4 is 42.8 Å². The van der Waals surface area contributed by atoms with Crippen LogP contribution >= 0.6 is 31.9 Å². The van der Waals surface area contributed by atoms with Crippen molar-refractivity contribution in [3.8, 4) is 17.1 Å². The van der Waals surface area contributed by atoms with Crippen molar-refractivity contribution in [1.82, 2.24) is 9.97 Å². The van der Waals surface area contributed by atoms with Crippen LogP contribution in [0, 0.1) is 5.82 Å². The number of para-hydroxylation sites is 1. The van der Waals surface area contributed by atoms with Crippen molar-refractivity contribution < 1.29 is 9.13 Å². The Morgan fingerprint density at radius 3 is 2.39 bits per heavy atom. The molecule has 0 unspecified atom stereocenters. The Bertz CT molecular complexity index is 1200. The van der Waals surface area contributed by atoms with Gasteiger partial charge in [0.15, 0.2) is 0 Å². The number of rotatable bonds is 4. The molecule has 0 saturated heterocycles. The van der Waals surface area contributed by atoms with Crippen molar-refractivity contribution in [3.63, 3.8) is 0 Å². The quantitative estimate of drug-likeness (QED) is 0.381. The van der Waals surface area contributed by atoms with Gasteiger partial charge in [0, 0.05) is 5.56 Å². The first-order valence-corrected chi connectivity index (χ1v) is 9.95. The summed E-state index contributed by atoms with van der Waals surface area (Å²) in [5.41, 5.74) is 2.02. The molecule has 4 nitrogen and oxygen atoms in total. The maximum Gasteiger partial charge on any atom is 0.259 e. The number of nitrogens with one attached hydrogen (secondary N) is 1. The summed E-state index contributed by atoms with van der Waals surface area (Å²) in [6.45, 7) is 0.294. The summed E-state index contributed by atoms with van der Waals surface area (Å²) < 4.78 is 20.3. The van der Waals surface area contributed by atoms with Crippen LogP contribution in [0.25, 0.3) is 22.3 Å². The minimum absolute atomic E-state index is 0.190. The predicted molar refractivity (Wildman–Crippen MR) is 114 cm³/mol. The van der Waals surface area contributed by atoms with Crippen LogP contribution in [0.2, 0.25) is 0 Å². The van der Waals surface area contributed by atoms with E-state index in [4.69, 9.17) is 4.74 Å². The first-order valence-electron chi connectivity index (χ1n) is 8.37. The number of ether oxygens (including phenoxy) is 1. The third-order valence-corrected chi connectivity index (χ3v) is 5.36. The Morgan fingerprint density at radius 1 is 1.00 bits per heavy atom. The fourth-order valence-corrected chi connectivity index (χ4v) is 4.21. The number of aromatic amines is 1. The summed E-state index contributed by atoms with van der Waals surface area (Å²) in [5, 5.41) is 0.545. The van der Waals surface area contributed by atoms with Gasteiger partial charge in [-0.05, 0) is 73.8 Å². The highest BCUT2D eigenvalue weighted by Gasteiger charge is 2.13. The molecule has 7 heteroatoms. The van der Waals surface area contributed by atoms with Crippen molar-refractivity contribution in [3.05, 3.63) is 91.3 Å². The smallest absolute Gasteiger partial charge is 0.259 e. The van der Waals surface area contributed by atoms with E-state index in [0.717, 1.165) is 11.1 Å². The molecule has 0 fully saturated rings. The molecular formula is C21H13Br2FN2O2. The third-order valence-electron chi connectivity index (χ3n) is 4.18. The highest BCUT2D eigenvalue weighted by atomic mass is 79.9. The maximum atomic E-state index is 13.0. The molecule has 28 heavy (non-hydrogen) atoms. The van der Waals surface area contributed by atoms with Gasteiger partial charge in [-0.1, -0.05) is 24.3 Å². The monoisotopic (exact) mass is 502 g/mol. The minimum Gasteiger partial charge on any atom is -0.487 e. The van der Waals surface area contributed by atoms with Crippen LogP contribution in [0.1, 0.15) is 5.56 Å². The summed E-state index contributed by atoms with van der Waals surface area (Å²) >= 11 is 7.03. The molecule has 4 rings (SSSR count). The molecule has 1 N–H and O–H groups in total. The molecule has 0 spiro atoms. The lowest BCUT2D eigenvalue weighted by Gasteiger charge is -2.12. The first kappa shape index (κ1) is 18.8. The van der Waals surface area contributed by atoms with Gasteiger partial charge >= 0.3 is 0 Å². The SMILES string of the molecule is O=c1[nH]c(-c2cc(Br)c(OCc3ccc(F)cc3)c(Br)c2)nc2ccccc12. The fourth-order valence-electron chi connectivity index (χ4n) is 2.79. The van der Waals surface area contributed by atoms with E-state index in [1.807, 2.05) is 18.2 Å². The molecule has 140 valence electrons. The molecule has 0 amide bonds. The molecule has 0 aliphatic carbocycles. The van der Waals surface area contributed by atoms with Gasteiger partial charge in [-0.25, -0.2) is 9.37 Å². The van der Waals surface area contributed by atoms with Crippen LogP contribution in [-0.2, 0) is 6.61 Å². The Labute approximate surface area is 176 Å². The Morgan fingerprint density at radius 2 is 1.68 bits per heavy atom. The zero-order valence-corrected chi connectivity index (χ0v) is 17.6. The van der Waals surface area contributed by atoms with Gasteiger partial charge in [0.1, 0.15) is 24.0 Å². The van der Waals surface area contributed by atoms with Gasteiger partial charge in [-0.3, -0.25) is 4.79 Å². The highest BCUT2D eigenvalue weighted by Crippen LogP contribution is 2.37. The van der Waals surface area contributed by atoms with Crippen molar-refractivity contribution in [1.29, 1.82) is 0 Å². The number of benzene rings is 3. The van der Waals surface area contributed by atoms with E-state index in [1.54, 1.807) is 30.3 Å². The van der Waals surface area contributed by atoms with E-state index in [0.29, 0.717) is 38.0 Å². The van der Waals surface area contributed by atoms with E-state index >= 15 is 0 Å². The molecule has 0 saturated carbocycles. The maximum absolute atomic E-state index is 13.0. The average Bonchev–Trinajstić information content (AvgIpc) is 2.68. The third kappa shape index (κ3) is 3.86. The predicted octanol–water partition coefficient (Wildman–Crippen LogP) is 5.83. The number of H-pyrrole nitrogens is 1. The van der Waals surface area contributed by atoms with Crippen LogP contribution in [0.15, 0.2) is 74.4 Å². The summed E-state index contributed by atoms with van der Waals surface area (Å²) in [6, 6.07) is 17.0. The van der Waals surface area contributed by atoms with Gasteiger partial charge in [0.25, 0.3) is 5.56 Å². The largest absolute Gasteiger partial charge is 0.487 e. The standard InChI is InChI=1S/C21H13Br2FN2O2/c22-16-9-13(20-25-18-4-2-1-3-15(18)21(27)26-20)10-17(23)19(16)28-11-12-5-7-14(24)8-6-12/h1-10H,11H2,(H,25,26,27). The zero-order valence-electron chi connectivity index (χ0n) is 14.4. The molecule has 0 bridgehead atoms. The van der Waals surface area contributed by atoms with Crippen molar-refractivity contribution in [2.45, 2.75) is 6.61 Å². The molecule has 0 atom stereocenters. The van der Waals surface area contributed by atoms with Gasteiger partial charge in [-0.2, -0.15) is 0 Å². The van der Waals surface area contributed by atoms with E-state index in [-0.39, 0.29) is 11.4 Å². The number of nitrogens with zero attached hydrogens (tertiary/aromatic N) is 1. The molecule has 1 heterocycles. The lowest BCUT2D eigenvalue weighted by atomic mass is 10.2. The Balaban J connectivity index is 1.65. The zero-order chi connectivity index (χ0) is 19.7. The van der Waals surface area contributed by atoms with E-state index < -0.39 is 0 Å². The van der Waals surface area contributed by atoms with Crippen LogP contribution < -0.4 is 10.3 Å². The Kier molecular flexibility index (Phi) is 5.28. The van der Waals surface area contributed by atoms with Crippen LogP contribution in [0.4, 0.5) is 4.39 Å². The highest BCUT2D eigenvalue weighted by molar-refractivity contribution is 9.11. The van der Waals surface area contributed by atoms with Gasteiger partial charge < -0.3 is 9.72 Å². The number of fused-ring (bicyclic) bond motifs is 1. The van der Waals surface area contributed by atoms with Gasteiger partial charge in [-0.15, -0.1) is 0 Å². The second-order valence-corrected chi connectivity index (χ2v) is 7.82. The average molecular weight is 504 g/mol.